The van der Waals surface area contributed by atoms with Crippen LogP contribution in [-0.4, -0.2) is 21.0 Å². The lowest BCUT2D eigenvalue weighted by Crippen LogP contribution is -2.16. The van der Waals surface area contributed by atoms with E-state index in [2.05, 4.69) is 39.4 Å². The lowest BCUT2D eigenvalue weighted by molar-refractivity contribution is 0.627. The Bertz CT molecular complexity index is 883. The topological polar surface area (TPSA) is 62.7 Å². The summed E-state index contributed by atoms with van der Waals surface area (Å²) in [5, 5.41) is 6.57. The van der Waals surface area contributed by atoms with Gasteiger partial charge >= 0.3 is 0 Å². The molecule has 26 heavy (non-hydrogen) atoms. The summed E-state index contributed by atoms with van der Waals surface area (Å²) >= 11 is 0. The Balaban J connectivity index is 1.98. The quantitative estimate of drug-likeness (QED) is 0.658. The second-order valence-electron chi connectivity index (χ2n) is 6.24. The van der Waals surface area contributed by atoms with E-state index in [1.165, 1.54) is 12.1 Å². The number of aromatic nitrogens is 3. The first-order chi connectivity index (χ1) is 12.5. The molecule has 0 radical (unpaired) electrons. The zero-order chi connectivity index (χ0) is 18.5. The summed E-state index contributed by atoms with van der Waals surface area (Å²) in [6.45, 7) is 6.04. The fourth-order valence-corrected chi connectivity index (χ4v) is 2.47. The first-order valence-electron chi connectivity index (χ1n) is 8.64. The van der Waals surface area contributed by atoms with Gasteiger partial charge in [0.2, 0.25) is 5.95 Å². The number of hydrogen-bond donors (Lipinski definition) is 2. The highest BCUT2D eigenvalue weighted by Crippen LogP contribution is 2.25. The summed E-state index contributed by atoms with van der Waals surface area (Å²) in [4.78, 5) is 13.3. The molecule has 0 amide bonds. The Kier molecular flexibility index (Phi) is 5.41. The maximum Gasteiger partial charge on any atom is 0.225 e. The smallest absolute Gasteiger partial charge is 0.225 e. The molecular formula is C20H22FN5. The molecule has 0 aliphatic rings. The standard InChI is InChI=1S/C20H22FN5/c1-4-14(3)23-20-25-18(15-6-5-9-22-12-15)11-19(26-20)24-17-8-7-16(21)10-13(17)2/h5-12,14H,4H2,1-3H3,(H2,23,24,25,26)/t14-/m0/s1. The Morgan fingerprint density at radius 3 is 2.69 bits per heavy atom. The van der Waals surface area contributed by atoms with Crippen LogP contribution in [0.15, 0.2) is 48.8 Å². The maximum atomic E-state index is 13.3. The van der Waals surface area contributed by atoms with Gasteiger partial charge in [-0.2, -0.15) is 4.98 Å². The molecule has 2 heterocycles. The fraction of sp³-hybridized carbons (Fsp3) is 0.250. The number of hydrogen-bond acceptors (Lipinski definition) is 5. The lowest BCUT2D eigenvalue weighted by atomic mass is 10.2. The highest BCUT2D eigenvalue weighted by molar-refractivity contribution is 5.68. The third-order valence-corrected chi connectivity index (χ3v) is 4.12. The molecule has 0 fully saturated rings. The van der Waals surface area contributed by atoms with Crippen molar-refractivity contribution in [3.63, 3.8) is 0 Å². The van der Waals surface area contributed by atoms with Gasteiger partial charge in [0.15, 0.2) is 0 Å². The molecule has 0 spiro atoms. The molecular weight excluding hydrogens is 329 g/mol. The average Bonchev–Trinajstić information content (AvgIpc) is 2.64. The van der Waals surface area contributed by atoms with Crippen LogP contribution in [-0.2, 0) is 0 Å². The summed E-state index contributed by atoms with van der Waals surface area (Å²) in [6.07, 6.45) is 4.45. The van der Waals surface area contributed by atoms with Crippen molar-refractivity contribution in [1.29, 1.82) is 0 Å². The Labute approximate surface area is 152 Å². The van der Waals surface area contributed by atoms with Gasteiger partial charge in [0.1, 0.15) is 11.6 Å². The summed E-state index contributed by atoms with van der Waals surface area (Å²) < 4.78 is 13.3. The molecule has 0 saturated carbocycles. The Hall–Kier alpha value is -3.02. The van der Waals surface area contributed by atoms with Gasteiger partial charge in [0.05, 0.1) is 5.69 Å². The van der Waals surface area contributed by atoms with Crippen LogP contribution in [0.3, 0.4) is 0 Å². The van der Waals surface area contributed by atoms with E-state index in [9.17, 15) is 4.39 Å². The SMILES string of the molecule is CC[C@H](C)Nc1nc(Nc2ccc(F)cc2C)cc(-c2cccnc2)n1. The number of benzene rings is 1. The molecule has 0 unspecified atom stereocenters. The van der Waals surface area contributed by atoms with Crippen LogP contribution in [0.4, 0.5) is 21.8 Å². The molecule has 3 aromatic rings. The van der Waals surface area contributed by atoms with Crippen LogP contribution < -0.4 is 10.6 Å². The van der Waals surface area contributed by atoms with Gasteiger partial charge in [0.25, 0.3) is 0 Å². The first kappa shape index (κ1) is 17.8. The van der Waals surface area contributed by atoms with E-state index >= 15 is 0 Å². The number of aryl methyl sites for hydroxylation is 1. The Morgan fingerprint density at radius 1 is 1.15 bits per heavy atom. The van der Waals surface area contributed by atoms with Crippen LogP contribution in [0.2, 0.25) is 0 Å². The number of rotatable bonds is 6. The largest absolute Gasteiger partial charge is 0.352 e. The molecule has 1 atom stereocenters. The van der Waals surface area contributed by atoms with E-state index in [1.807, 2.05) is 25.1 Å². The van der Waals surface area contributed by atoms with Crippen molar-refractivity contribution < 1.29 is 4.39 Å². The molecule has 6 heteroatoms. The third-order valence-electron chi connectivity index (χ3n) is 4.12. The van der Waals surface area contributed by atoms with Crippen molar-refractivity contribution in [3.8, 4) is 11.3 Å². The fourth-order valence-electron chi connectivity index (χ4n) is 2.47. The minimum absolute atomic E-state index is 0.250. The van der Waals surface area contributed by atoms with Crippen LogP contribution in [0.25, 0.3) is 11.3 Å². The third kappa shape index (κ3) is 4.33. The van der Waals surface area contributed by atoms with Gasteiger partial charge in [-0.15, -0.1) is 0 Å². The molecule has 2 aromatic heterocycles. The monoisotopic (exact) mass is 351 g/mol. The second-order valence-corrected chi connectivity index (χ2v) is 6.24. The number of nitrogens with zero attached hydrogens (tertiary/aromatic N) is 3. The number of halogens is 1. The zero-order valence-corrected chi connectivity index (χ0v) is 15.1. The summed E-state index contributed by atoms with van der Waals surface area (Å²) in [5.74, 6) is 0.924. The van der Waals surface area contributed by atoms with Gasteiger partial charge < -0.3 is 10.6 Å². The van der Waals surface area contributed by atoms with Crippen molar-refractivity contribution in [1.82, 2.24) is 15.0 Å². The predicted molar refractivity (Wildman–Crippen MR) is 103 cm³/mol. The average molecular weight is 351 g/mol. The van der Waals surface area contributed by atoms with Crippen LogP contribution in [0, 0.1) is 12.7 Å². The van der Waals surface area contributed by atoms with E-state index in [0.717, 1.165) is 28.9 Å². The van der Waals surface area contributed by atoms with Crippen LogP contribution >= 0.6 is 0 Å². The molecule has 134 valence electrons. The highest BCUT2D eigenvalue weighted by Gasteiger charge is 2.10. The molecule has 0 bridgehead atoms. The molecule has 0 saturated heterocycles. The van der Waals surface area contributed by atoms with Crippen molar-refractivity contribution in [2.75, 3.05) is 10.6 Å². The number of nitrogens with one attached hydrogen (secondary N) is 2. The summed E-state index contributed by atoms with van der Waals surface area (Å²) in [5.41, 5.74) is 3.28. The molecule has 5 nitrogen and oxygen atoms in total. The van der Waals surface area contributed by atoms with E-state index < -0.39 is 0 Å². The van der Waals surface area contributed by atoms with Crippen LogP contribution in [0.1, 0.15) is 25.8 Å². The van der Waals surface area contributed by atoms with E-state index in [0.29, 0.717) is 11.8 Å². The van der Waals surface area contributed by atoms with Crippen molar-refractivity contribution in [3.05, 3.63) is 60.2 Å². The summed E-state index contributed by atoms with van der Waals surface area (Å²) in [7, 11) is 0. The molecule has 3 rings (SSSR count). The molecule has 2 N–H and O–H groups in total. The normalized spacial score (nSPS) is 11.8. The van der Waals surface area contributed by atoms with Crippen molar-refractivity contribution in [2.45, 2.75) is 33.2 Å². The molecule has 0 aliphatic carbocycles. The van der Waals surface area contributed by atoms with Gasteiger partial charge in [-0.05, 0) is 56.2 Å². The summed E-state index contributed by atoms with van der Waals surface area (Å²) in [6, 6.07) is 10.6. The van der Waals surface area contributed by atoms with Gasteiger partial charge in [-0.1, -0.05) is 6.92 Å². The van der Waals surface area contributed by atoms with E-state index in [-0.39, 0.29) is 11.9 Å². The first-order valence-corrected chi connectivity index (χ1v) is 8.64. The minimum atomic E-state index is -0.258. The van der Waals surface area contributed by atoms with Crippen molar-refractivity contribution in [2.24, 2.45) is 0 Å². The molecule has 0 aliphatic heterocycles. The maximum absolute atomic E-state index is 13.3. The minimum Gasteiger partial charge on any atom is -0.352 e. The second kappa shape index (κ2) is 7.91. The van der Waals surface area contributed by atoms with Gasteiger partial charge in [-0.3, -0.25) is 4.98 Å². The lowest BCUT2D eigenvalue weighted by Gasteiger charge is -2.15. The number of pyridine rings is 1. The van der Waals surface area contributed by atoms with Gasteiger partial charge in [-0.25, -0.2) is 9.37 Å². The Morgan fingerprint density at radius 2 is 2.00 bits per heavy atom. The van der Waals surface area contributed by atoms with E-state index in [1.54, 1.807) is 18.5 Å². The predicted octanol–water partition coefficient (Wildman–Crippen LogP) is 4.94. The number of anilines is 3. The highest BCUT2D eigenvalue weighted by atomic mass is 19.1. The van der Waals surface area contributed by atoms with Crippen molar-refractivity contribution >= 4 is 17.5 Å². The van der Waals surface area contributed by atoms with Crippen LogP contribution in [0.5, 0.6) is 0 Å². The van der Waals surface area contributed by atoms with E-state index in [4.69, 9.17) is 0 Å². The molecule has 1 aromatic carbocycles. The zero-order valence-electron chi connectivity index (χ0n) is 15.1. The van der Waals surface area contributed by atoms with Gasteiger partial charge in [0, 0.05) is 35.8 Å².